The molecule has 0 spiro atoms. The van der Waals surface area contributed by atoms with E-state index in [0.717, 1.165) is 35.4 Å². The van der Waals surface area contributed by atoms with Gasteiger partial charge >= 0.3 is 0 Å². The van der Waals surface area contributed by atoms with Gasteiger partial charge in [-0.05, 0) is 43.5 Å². The first kappa shape index (κ1) is 15.0. The smallest absolute Gasteiger partial charge is 0.191 e. The molecule has 0 saturated heterocycles. The van der Waals surface area contributed by atoms with Gasteiger partial charge in [0.1, 0.15) is 5.82 Å². The van der Waals surface area contributed by atoms with Gasteiger partial charge in [0.25, 0.3) is 0 Å². The van der Waals surface area contributed by atoms with Gasteiger partial charge in [0.15, 0.2) is 5.96 Å². The lowest BCUT2D eigenvalue weighted by Gasteiger charge is -2.16. The lowest BCUT2D eigenvalue weighted by Crippen LogP contribution is -2.42. The first-order valence-electron chi connectivity index (χ1n) is 6.82. The van der Waals surface area contributed by atoms with Crippen LogP contribution in [-0.2, 0) is 6.54 Å². The van der Waals surface area contributed by atoms with Crippen molar-refractivity contribution in [2.75, 3.05) is 6.54 Å². The van der Waals surface area contributed by atoms with E-state index in [1.807, 2.05) is 13.0 Å². The number of guanidine groups is 1. The molecule has 0 bridgehead atoms. The normalized spacial score (nSPS) is 15.7. The lowest BCUT2D eigenvalue weighted by molar-refractivity contribution is 0.623. The maximum absolute atomic E-state index is 13.3. The summed E-state index contributed by atoms with van der Waals surface area (Å²) in [5.41, 5.74) is 0.846. The van der Waals surface area contributed by atoms with Crippen molar-refractivity contribution in [3.05, 3.63) is 46.2 Å². The zero-order chi connectivity index (χ0) is 14.4. The summed E-state index contributed by atoms with van der Waals surface area (Å²) in [5.74, 6) is 0.532. The number of hydrogen-bond acceptors (Lipinski definition) is 1. The molecule has 0 unspecified atom stereocenters. The van der Waals surface area contributed by atoms with E-state index < -0.39 is 0 Å². The molecule has 1 aromatic carbocycles. The minimum Gasteiger partial charge on any atom is -0.357 e. The van der Waals surface area contributed by atoms with Crippen LogP contribution in [0.15, 0.2) is 39.8 Å². The zero-order valence-corrected chi connectivity index (χ0v) is 13.1. The Balaban J connectivity index is 2.00. The third-order valence-electron chi connectivity index (χ3n) is 3.04. The Hall–Kier alpha value is -1.36. The van der Waals surface area contributed by atoms with Crippen LogP contribution < -0.4 is 10.6 Å². The Kier molecular flexibility index (Phi) is 5.59. The van der Waals surface area contributed by atoms with Crippen molar-refractivity contribution in [1.82, 2.24) is 10.6 Å². The first-order valence-corrected chi connectivity index (χ1v) is 7.61. The highest BCUT2D eigenvalue weighted by Crippen LogP contribution is 2.15. The van der Waals surface area contributed by atoms with Crippen LogP contribution in [0.25, 0.3) is 0 Å². The van der Waals surface area contributed by atoms with Gasteiger partial charge in [0.2, 0.25) is 0 Å². The highest BCUT2D eigenvalue weighted by Gasteiger charge is 2.11. The number of nitrogens with zero attached hydrogens (tertiary/aromatic N) is 1. The summed E-state index contributed by atoms with van der Waals surface area (Å²) >= 11 is 3.29. The molecule has 0 saturated carbocycles. The average Bonchev–Trinajstić information content (AvgIpc) is 2.88. The molecule has 2 N–H and O–H groups in total. The van der Waals surface area contributed by atoms with Crippen molar-refractivity contribution in [2.45, 2.75) is 32.4 Å². The van der Waals surface area contributed by atoms with Gasteiger partial charge in [-0.2, -0.15) is 0 Å². The molecule has 5 heteroatoms. The summed E-state index contributed by atoms with van der Waals surface area (Å²) in [7, 11) is 0. The molecule has 3 nitrogen and oxygen atoms in total. The Labute approximate surface area is 127 Å². The number of hydrogen-bond donors (Lipinski definition) is 2. The zero-order valence-electron chi connectivity index (χ0n) is 11.5. The van der Waals surface area contributed by atoms with Crippen LogP contribution in [0.5, 0.6) is 0 Å². The molecule has 108 valence electrons. The second-order valence-electron chi connectivity index (χ2n) is 4.76. The quantitative estimate of drug-likeness (QED) is 0.501. The van der Waals surface area contributed by atoms with Gasteiger partial charge in [0.05, 0.1) is 6.54 Å². The molecular formula is C15H19BrFN3. The molecule has 0 radical (unpaired) electrons. The van der Waals surface area contributed by atoms with Crippen molar-refractivity contribution < 1.29 is 4.39 Å². The molecular weight excluding hydrogens is 321 g/mol. The van der Waals surface area contributed by atoms with Crippen LogP contribution in [0.3, 0.4) is 0 Å². The summed E-state index contributed by atoms with van der Waals surface area (Å²) in [6, 6.07) is 5.25. The maximum Gasteiger partial charge on any atom is 0.191 e. The van der Waals surface area contributed by atoms with Gasteiger partial charge in [-0.1, -0.05) is 28.1 Å². The number of benzene rings is 1. The summed E-state index contributed by atoms with van der Waals surface area (Å²) in [6.07, 6.45) is 6.39. The van der Waals surface area contributed by atoms with E-state index in [9.17, 15) is 4.39 Å². The molecule has 0 aliphatic heterocycles. The second-order valence-corrected chi connectivity index (χ2v) is 5.67. The molecule has 20 heavy (non-hydrogen) atoms. The number of rotatable bonds is 4. The molecule has 0 amide bonds. The van der Waals surface area contributed by atoms with E-state index in [-0.39, 0.29) is 5.82 Å². The topological polar surface area (TPSA) is 36.4 Å². The average molecular weight is 340 g/mol. The van der Waals surface area contributed by atoms with Crippen molar-refractivity contribution in [2.24, 2.45) is 4.99 Å². The SMILES string of the molecule is CCNC(=NCc1cc(F)cc(Br)c1)NC1CC=CC1. The van der Waals surface area contributed by atoms with Crippen LogP contribution in [0, 0.1) is 5.82 Å². The predicted octanol–water partition coefficient (Wildman–Crippen LogP) is 3.36. The summed E-state index contributed by atoms with van der Waals surface area (Å²) in [6.45, 7) is 3.29. The molecule has 0 atom stereocenters. The first-order chi connectivity index (χ1) is 9.67. The minimum absolute atomic E-state index is 0.248. The number of halogens is 2. The molecule has 1 aliphatic carbocycles. The van der Waals surface area contributed by atoms with Gasteiger partial charge in [-0.3, -0.25) is 0 Å². The van der Waals surface area contributed by atoms with Crippen molar-refractivity contribution in [3.8, 4) is 0 Å². The van der Waals surface area contributed by atoms with Crippen LogP contribution in [-0.4, -0.2) is 18.5 Å². The predicted molar refractivity (Wildman–Crippen MR) is 84.2 cm³/mol. The van der Waals surface area contributed by atoms with Gasteiger partial charge in [0, 0.05) is 17.1 Å². The lowest BCUT2D eigenvalue weighted by atomic mass is 10.2. The van der Waals surface area contributed by atoms with Crippen molar-refractivity contribution in [3.63, 3.8) is 0 Å². The second kappa shape index (κ2) is 7.43. The van der Waals surface area contributed by atoms with Gasteiger partial charge < -0.3 is 10.6 Å². The van der Waals surface area contributed by atoms with E-state index in [1.54, 1.807) is 0 Å². The van der Waals surface area contributed by atoms with E-state index >= 15 is 0 Å². The van der Waals surface area contributed by atoms with Crippen molar-refractivity contribution in [1.29, 1.82) is 0 Å². The third-order valence-corrected chi connectivity index (χ3v) is 3.49. The van der Waals surface area contributed by atoms with E-state index in [1.165, 1.54) is 12.1 Å². The molecule has 1 aliphatic rings. The summed E-state index contributed by atoms with van der Waals surface area (Å²) < 4.78 is 14.0. The summed E-state index contributed by atoms with van der Waals surface area (Å²) in [4.78, 5) is 4.51. The Morgan fingerprint density at radius 3 is 2.75 bits per heavy atom. The largest absolute Gasteiger partial charge is 0.357 e. The van der Waals surface area contributed by atoms with Gasteiger partial charge in [-0.25, -0.2) is 9.38 Å². The molecule has 0 fully saturated rings. The summed E-state index contributed by atoms with van der Waals surface area (Å²) in [5, 5.41) is 6.60. The number of nitrogens with one attached hydrogen (secondary N) is 2. The van der Waals surface area contributed by atoms with Gasteiger partial charge in [-0.15, -0.1) is 0 Å². The van der Waals surface area contributed by atoms with Crippen LogP contribution >= 0.6 is 15.9 Å². The maximum atomic E-state index is 13.3. The Morgan fingerprint density at radius 1 is 1.35 bits per heavy atom. The number of aliphatic imine (C=N–C) groups is 1. The van der Waals surface area contributed by atoms with Crippen molar-refractivity contribution >= 4 is 21.9 Å². The molecule has 1 aromatic rings. The van der Waals surface area contributed by atoms with Crippen LogP contribution in [0.4, 0.5) is 4.39 Å². The fraction of sp³-hybridized carbons (Fsp3) is 0.400. The van der Waals surface area contributed by atoms with Crippen LogP contribution in [0.2, 0.25) is 0 Å². The Bertz CT molecular complexity index is 486. The van der Waals surface area contributed by atoms with E-state index in [0.29, 0.717) is 12.6 Å². The van der Waals surface area contributed by atoms with E-state index in [2.05, 4.69) is 43.7 Å². The fourth-order valence-corrected chi connectivity index (χ4v) is 2.63. The van der Waals surface area contributed by atoms with E-state index in [4.69, 9.17) is 0 Å². The minimum atomic E-state index is -0.248. The fourth-order valence-electron chi connectivity index (χ4n) is 2.12. The Morgan fingerprint density at radius 2 is 2.10 bits per heavy atom. The molecule has 0 heterocycles. The third kappa shape index (κ3) is 4.63. The standard InChI is InChI=1S/C15H19BrFN3/c1-2-18-15(20-14-5-3-4-6-14)19-10-11-7-12(16)9-13(17)8-11/h3-4,7-9,14H,2,5-6,10H2,1H3,(H2,18,19,20). The molecule has 0 aromatic heterocycles. The molecule has 2 rings (SSSR count). The highest BCUT2D eigenvalue weighted by molar-refractivity contribution is 9.10. The highest BCUT2D eigenvalue weighted by atomic mass is 79.9. The van der Waals surface area contributed by atoms with Crippen LogP contribution in [0.1, 0.15) is 25.3 Å². The monoisotopic (exact) mass is 339 g/mol.